The third-order valence-electron chi connectivity index (χ3n) is 6.18. The van der Waals surface area contributed by atoms with E-state index in [0.717, 1.165) is 24.2 Å². The monoisotopic (exact) mass is 526 g/mol. The Balaban J connectivity index is 1.32. The number of nitrogens with one attached hydrogen (secondary N) is 1. The molecule has 0 unspecified atom stereocenters. The van der Waals surface area contributed by atoms with Crippen LogP contribution >= 0.6 is 23.2 Å². The Morgan fingerprint density at radius 2 is 1.94 bits per heavy atom. The van der Waals surface area contributed by atoms with Crippen molar-refractivity contribution in [3.8, 4) is 5.88 Å². The van der Waals surface area contributed by atoms with E-state index in [2.05, 4.69) is 26.3 Å². The van der Waals surface area contributed by atoms with Crippen molar-refractivity contribution in [2.24, 2.45) is 0 Å². The Labute approximate surface area is 218 Å². The summed E-state index contributed by atoms with van der Waals surface area (Å²) in [5, 5.41) is 3.88. The Kier molecular flexibility index (Phi) is 6.70. The fourth-order valence-corrected chi connectivity index (χ4v) is 4.82. The first-order valence-electron chi connectivity index (χ1n) is 11.4. The Bertz CT molecular complexity index is 1330. The van der Waals surface area contributed by atoms with Crippen LogP contribution in [0.2, 0.25) is 10.0 Å². The second-order valence-electron chi connectivity index (χ2n) is 8.85. The Morgan fingerprint density at radius 1 is 1.17 bits per heavy atom. The highest BCUT2D eigenvalue weighted by Crippen LogP contribution is 2.37. The molecule has 2 aliphatic heterocycles. The number of benzene rings is 2. The van der Waals surface area contributed by atoms with Gasteiger partial charge in [-0.15, -0.1) is 0 Å². The number of carbonyl (C=O) groups is 2. The first-order valence-corrected chi connectivity index (χ1v) is 12.1. The lowest BCUT2D eigenvalue weighted by Crippen LogP contribution is -2.39. The van der Waals surface area contributed by atoms with Crippen LogP contribution in [-0.2, 0) is 17.8 Å². The second-order valence-corrected chi connectivity index (χ2v) is 9.66. The normalized spacial score (nSPS) is 15.1. The van der Waals surface area contributed by atoms with Crippen molar-refractivity contribution in [1.29, 1.82) is 0 Å². The third-order valence-corrected chi connectivity index (χ3v) is 6.79. The molecule has 36 heavy (non-hydrogen) atoms. The van der Waals surface area contributed by atoms with Crippen molar-refractivity contribution in [3.63, 3.8) is 0 Å². The number of carbonyl (C=O) groups excluding carboxylic acids is 2. The molecule has 0 saturated carbocycles. The fourth-order valence-electron chi connectivity index (χ4n) is 4.22. The molecule has 186 valence electrons. The number of nitrogens with zero attached hydrogens (tertiary/aromatic N) is 5. The van der Waals surface area contributed by atoms with Gasteiger partial charge >= 0.3 is 0 Å². The molecule has 9 nitrogen and oxygen atoms in total. The first-order chi connectivity index (χ1) is 17.3. The van der Waals surface area contributed by atoms with Gasteiger partial charge in [0.25, 0.3) is 5.91 Å². The summed E-state index contributed by atoms with van der Waals surface area (Å²) in [6.45, 7) is 1.84. The van der Waals surface area contributed by atoms with E-state index in [1.54, 1.807) is 37.2 Å². The van der Waals surface area contributed by atoms with Gasteiger partial charge in [0.1, 0.15) is 5.56 Å². The van der Waals surface area contributed by atoms with Crippen molar-refractivity contribution in [1.82, 2.24) is 19.8 Å². The number of aromatic nitrogens is 2. The summed E-state index contributed by atoms with van der Waals surface area (Å²) in [5.74, 6) is 0.225. The number of fused-ring (bicyclic) bond motifs is 2. The maximum atomic E-state index is 13.1. The Hall–Kier alpha value is -3.40. The summed E-state index contributed by atoms with van der Waals surface area (Å²) in [5.41, 5.74) is 3.81. The van der Waals surface area contributed by atoms with E-state index >= 15 is 0 Å². The molecule has 3 heterocycles. The van der Waals surface area contributed by atoms with Gasteiger partial charge in [0, 0.05) is 39.1 Å². The van der Waals surface area contributed by atoms with Crippen molar-refractivity contribution >= 4 is 52.3 Å². The van der Waals surface area contributed by atoms with Crippen LogP contribution in [0, 0.1) is 0 Å². The lowest BCUT2D eigenvalue weighted by atomic mass is 9.99. The molecule has 5 rings (SSSR count). The lowest BCUT2D eigenvalue weighted by Gasteiger charge is -2.29. The van der Waals surface area contributed by atoms with Crippen LogP contribution in [0.3, 0.4) is 0 Å². The molecular weight excluding hydrogens is 503 g/mol. The quantitative estimate of drug-likeness (QED) is 0.537. The molecule has 3 aromatic rings. The molecule has 11 heteroatoms. The summed E-state index contributed by atoms with van der Waals surface area (Å²) in [6.07, 6.45) is 2.31. The molecule has 0 radical (unpaired) electrons. The van der Waals surface area contributed by atoms with Gasteiger partial charge in [-0.05, 0) is 41.8 Å². The largest absolute Gasteiger partial charge is 0.455 e. The summed E-state index contributed by atoms with van der Waals surface area (Å²) >= 11 is 12.5. The van der Waals surface area contributed by atoms with Crippen molar-refractivity contribution in [2.45, 2.75) is 13.0 Å². The summed E-state index contributed by atoms with van der Waals surface area (Å²) < 4.78 is 5.76. The molecule has 0 fully saturated rings. The zero-order valence-electron chi connectivity index (χ0n) is 19.8. The van der Waals surface area contributed by atoms with E-state index in [1.807, 2.05) is 12.1 Å². The molecule has 0 atom stereocenters. The van der Waals surface area contributed by atoms with E-state index < -0.39 is 0 Å². The average molecular weight is 527 g/mol. The smallest absolute Gasteiger partial charge is 0.268 e. The molecule has 0 saturated heterocycles. The van der Waals surface area contributed by atoms with Gasteiger partial charge in [0.2, 0.25) is 17.7 Å². The SMILES string of the molecule is CN(C)C(=O)CN1CCc2ccc(Nc3ncc4c(n3)OCN(c3c(Cl)cccc3Cl)C4=O)cc2C1. The van der Waals surface area contributed by atoms with Crippen LogP contribution in [0.1, 0.15) is 21.5 Å². The van der Waals surface area contributed by atoms with Crippen molar-refractivity contribution < 1.29 is 14.3 Å². The van der Waals surface area contributed by atoms with E-state index in [4.69, 9.17) is 27.9 Å². The minimum Gasteiger partial charge on any atom is -0.455 e. The standard InChI is InChI=1S/C25H24Cl2N6O3/c1-31(2)21(34)13-32-9-8-15-6-7-17(10-16(15)12-32)29-25-28-11-18-23(30-25)36-14-33(24(18)35)22-19(26)4-3-5-20(22)27/h3-7,10-11H,8-9,12-14H2,1-2H3,(H,28,29,30). The van der Waals surface area contributed by atoms with E-state index in [9.17, 15) is 9.59 Å². The molecule has 0 aliphatic carbocycles. The summed E-state index contributed by atoms with van der Waals surface area (Å²) in [4.78, 5) is 39.0. The molecule has 0 spiro atoms. The van der Waals surface area contributed by atoms with Gasteiger partial charge in [-0.1, -0.05) is 35.3 Å². The summed E-state index contributed by atoms with van der Waals surface area (Å²) in [7, 11) is 3.53. The zero-order valence-corrected chi connectivity index (χ0v) is 21.3. The van der Waals surface area contributed by atoms with Crippen molar-refractivity contribution in [3.05, 3.63) is 69.3 Å². The average Bonchev–Trinajstić information content (AvgIpc) is 2.85. The number of para-hydroxylation sites is 1. The highest BCUT2D eigenvalue weighted by molar-refractivity contribution is 6.40. The number of halogens is 2. The predicted octanol–water partition coefficient (Wildman–Crippen LogP) is 3.97. The molecule has 1 aromatic heterocycles. The highest BCUT2D eigenvalue weighted by atomic mass is 35.5. The topological polar surface area (TPSA) is 90.9 Å². The maximum absolute atomic E-state index is 13.1. The number of amides is 2. The van der Waals surface area contributed by atoms with Gasteiger partial charge in [0.15, 0.2) is 6.73 Å². The summed E-state index contributed by atoms with van der Waals surface area (Å²) in [6, 6.07) is 11.1. The fraction of sp³-hybridized carbons (Fsp3) is 0.280. The number of ether oxygens (including phenoxy) is 1. The minimum atomic E-state index is -0.348. The van der Waals surface area contributed by atoms with Gasteiger partial charge in [0.05, 0.1) is 22.3 Å². The third kappa shape index (κ3) is 4.82. The molecule has 2 amide bonds. The maximum Gasteiger partial charge on any atom is 0.268 e. The molecule has 2 aliphatic rings. The van der Waals surface area contributed by atoms with Crippen LogP contribution < -0.4 is 15.0 Å². The van der Waals surface area contributed by atoms with Gasteiger partial charge < -0.3 is 15.0 Å². The number of hydrogen-bond acceptors (Lipinski definition) is 7. The number of anilines is 3. The van der Waals surface area contributed by atoms with E-state index in [-0.39, 0.29) is 30.0 Å². The van der Waals surface area contributed by atoms with Crippen molar-refractivity contribution in [2.75, 3.05) is 44.1 Å². The first kappa shape index (κ1) is 24.3. The zero-order chi connectivity index (χ0) is 25.4. The van der Waals surface area contributed by atoms with Crippen LogP contribution in [0.4, 0.5) is 17.3 Å². The van der Waals surface area contributed by atoms with Crippen LogP contribution in [0.25, 0.3) is 0 Å². The highest BCUT2D eigenvalue weighted by Gasteiger charge is 2.31. The molecular formula is C25H24Cl2N6O3. The van der Waals surface area contributed by atoms with Gasteiger partial charge in [-0.2, -0.15) is 4.98 Å². The molecule has 1 N–H and O–H groups in total. The predicted molar refractivity (Wildman–Crippen MR) is 138 cm³/mol. The number of likely N-dealkylation sites (N-methyl/N-ethyl adjacent to an activating group) is 1. The lowest BCUT2D eigenvalue weighted by molar-refractivity contribution is -0.130. The van der Waals surface area contributed by atoms with Gasteiger partial charge in [-0.25, -0.2) is 4.98 Å². The second kappa shape index (κ2) is 9.93. The number of hydrogen-bond donors (Lipinski definition) is 1. The molecule has 0 bridgehead atoms. The number of rotatable bonds is 5. The van der Waals surface area contributed by atoms with E-state index in [0.29, 0.717) is 34.8 Å². The van der Waals surface area contributed by atoms with Gasteiger partial charge in [-0.3, -0.25) is 19.4 Å². The molecule has 2 aromatic carbocycles. The van der Waals surface area contributed by atoms with Crippen LogP contribution in [-0.4, -0.2) is 65.5 Å². The van der Waals surface area contributed by atoms with Crippen LogP contribution in [0.5, 0.6) is 5.88 Å². The Morgan fingerprint density at radius 3 is 2.69 bits per heavy atom. The van der Waals surface area contributed by atoms with E-state index in [1.165, 1.54) is 16.7 Å². The van der Waals surface area contributed by atoms with Crippen LogP contribution in [0.15, 0.2) is 42.6 Å². The minimum absolute atomic E-state index is 0.0773.